The standard InChI is InChI=1S/C20H17N5O3/c1-3-28-20(27)18(12-21)24-23-14-8-10-15(11-9-14)25-13(2)22-17-7-5-4-6-16(17)19(25)26/h4-11,23H,3H2,1-2H3/b24-18+. The summed E-state index contributed by atoms with van der Waals surface area (Å²) in [6, 6.07) is 15.7. The molecule has 0 spiro atoms. The highest BCUT2D eigenvalue weighted by atomic mass is 16.5. The number of carbonyl (C=O) groups excluding carboxylic acids is 1. The number of rotatable bonds is 5. The molecule has 0 fully saturated rings. The van der Waals surface area contributed by atoms with Crippen molar-refractivity contribution in [3.8, 4) is 11.8 Å². The maximum Gasteiger partial charge on any atom is 0.369 e. The molecule has 0 atom stereocenters. The number of ether oxygens (including phenoxy) is 1. The van der Waals surface area contributed by atoms with Crippen molar-refractivity contribution in [3.63, 3.8) is 0 Å². The van der Waals surface area contributed by atoms with Crippen LogP contribution >= 0.6 is 0 Å². The van der Waals surface area contributed by atoms with Crippen molar-refractivity contribution < 1.29 is 9.53 Å². The van der Waals surface area contributed by atoms with Gasteiger partial charge in [0.15, 0.2) is 0 Å². The van der Waals surface area contributed by atoms with Crippen molar-refractivity contribution in [2.75, 3.05) is 12.0 Å². The number of aryl methyl sites for hydroxylation is 1. The van der Waals surface area contributed by atoms with E-state index < -0.39 is 5.97 Å². The number of benzene rings is 2. The van der Waals surface area contributed by atoms with E-state index in [0.29, 0.717) is 28.1 Å². The minimum Gasteiger partial charge on any atom is -0.461 e. The van der Waals surface area contributed by atoms with Crippen LogP contribution in [-0.4, -0.2) is 27.8 Å². The number of hydrazone groups is 1. The molecule has 0 amide bonds. The average molecular weight is 375 g/mol. The summed E-state index contributed by atoms with van der Waals surface area (Å²) in [6.45, 7) is 3.57. The lowest BCUT2D eigenvalue weighted by atomic mass is 10.2. The normalized spacial score (nSPS) is 11.1. The zero-order valence-electron chi connectivity index (χ0n) is 15.3. The van der Waals surface area contributed by atoms with E-state index in [1.807, 2.05) is 6.07 Å². The number of hydrogen-bond acceptors (Lipinski definition) is 7. The number of hydrogen-bond donors (Lipinski definition) is 1. The number of fused-ring (bicyclic) bond motifs is 1. The molecular weight excluding hydrogens is 358 g/mol. The number of carbonyl (C=O) groups is 1. The Hall–Kier alpha value is -3.99. The topological polar surface area (TPSA) is 109 Å². The smallest absolute Gasteiger partial charge is 0.369 e. The Morgan fingerprint density at radius 3 is 2.64 bits per heavy atom. The zero-order chi connectivity index (χ0) is 20.1. The van der Waals surface area contributed by atoms with Gasteiger partial charge in [-0.05, 0) is 50.2 Å². The summed E-state index contributed by atoms with van der Waals surface area (Å²) < 4.78 is 6.27. The van der Waals surface area contributed by atoms with E-state index in [1.54, 1.807) is 62.4 Å². The van der Waals surface area contributed by atoms with Gasteiger partial charge in [0.2, 0.25) is 5.71 Å². The highest BCUT2D eigenvalue weighted by Gasteiger charge is 2.12. The molecule has 28 heavy (non-hydrogen) atoms. The minimum atomic E-state index is -0.793. The first-order valence-corrected chi connectivity index (χ1v) is 8.55. The van der Waals surface area contributed by atoms with E-state index >= 15 is 0 Å². The highest BCUT2D eigenvalue weighted by Crippen LogP contribution is 2.15. The molecule has 3 aromatic rings. The molecule has 0 saturated carbocycles. The van der Waals surface area contributed by atoms with Crippen molar-refractivity contribution in [2.24, 2.45) is 5.10 Å². The third-order valence-corrected chi connectivity index (χ3v) is 3.94. The van der Waals surface area contributed by atoms with Crippen LogP contribution in [0, 0.1) is 18.3 Å². The molecule has 2 aromatic carbocycles. The number of esters is 1. The van der Waals surface area contributed by atoms with E-state index in [2.05, 4.69) is 15.5 Å². The first kappa shape index (κ1) is 18.8. The Bertz CT molecular complexity index is 1160. The summed E-state index contributed by atoms with van der Waals surface area (Å²) >= 11 is 0. The average Bonchev–Trinajstić information content (AvgIpc) is 2.70. The number of nitrogens with one attached hydrogen (secondary N) is 1. The van der Waals surface area contributed by atoms with Crippen molar-refractivity contribution in [3.05, 3.63) is 64.7 Å². The van der Waals surface area contributed by atoms with Gasteiger partial charge in [0.1, 0.15) is 11.9 Å². The van der Waals surface area contributed by atoms with E-state index in [0.717, 1.165) is 0 Å². The largest absolute Gasteiger partial charge is 0.461 e. The first-order chi connectivity index (χ1) is 13.5. The van der Waals surface area contributed by atoms with Crippen LogP contribution in [0.5, 0.6) is 0 Å². The van der Waals surface area contributed by atoms with Crippen LogP contribution in [0.2, 0.25) is 0 Å². The maximum atomic E-state index is 12.8. The summed E-state index contributed by atoms with van der Waals surface area (Å²) in [4.78, 5) is 28.9. The molecule has 0 radical (unpaired) electrons. The fourth-order valence-corrected chi connectivity index (χ4v) is 2.67. The summed E-state index contributed by atoms with van der Waals surface area (Å²) in [5, 5.41) is 13.3. The third-order valence-electron chi connectivity index (χ3n) is 3.94. The number of nitrogens with zero attached hydrogens (tertiary/aromatic N) is 4. The second-order valence-corrected chi connectivity index (χ2v) is 5.77. The van der Waals surface area contributed by atoms with E-state index in [9.17, 15) is 9.59 Å². The van der Waals surface area contributed by atoms with Gasteiger partial charge in [0.25, 0.3) is 5.56 Å². The van der Waals surface area contributed by atoms with Gasteiger partial charge in [-0.25, -0.2) is 9.78 Å². The summed E-state index contributed by atoms with van der Waals surface area (Å²) in [6.07, 6.45) is 0. The van der Waals surface area contributed by atoms with Crippen LogP contribution in [0.4, 0.5) is 5.69 Å². The second kappa shape index (κ2) is 8.14. The predicted molar refractivity (Wildman–Crippen MR) is 105 cm³/mol. The van der Waals surface area contributed by atoms with Gasteiger partial charge in [0.05, 0.1) is 28.9 Å². The molecule has 3 rings (SSSR count). The van der Waals surface area contributed by atoms with Gasteiger partial charge in [-0.15, -0.1) is 0 Å². The minimum absolute atomic E-state index is 0.155. The third kappa shape index (κ3) is 3.73. The van der Waals surface area contributed by atoms with Crippen molar-refractivity contribution in [1.29, 1.82) is 5.26 Å². The van der Waals surface area contributed by atoms with Gasteiger partial charge < -0.3 is 4.74 Å². The van der Waals surface area contributed by atoms with Crippen molar-refractivity contribution >= 4 is 28.3 Å². The predicted octanol–water partition coefficient (Wildman–Crippen LogP) is 2.55. The second-order valence-electron chi connectivity index (χ2n) is 5.77. The Morgan fingerprint density at radius 2 is 1.96 bits per heavy atom. The zero-order valence-corrected chi connectivity index (χ0v) is 15.3. The summed E-state index contributed by atoms with van der Waals surface area (Å²) in [5.74, 6) is -0.227. The van der Waals surface area contributed by atoms with Gasteiger partial charge in [-0.2, -0.15) is 10.4 Å². The van der Waals surface area contributed by atoms with Crippen LogP contribution in [0.1, 0.15) is 12.7 Å². The molecule has 0 unspecified atom stereocenters. The molecule has 1 N–H and O–H groups in total. The Morgan fingerprint density at radius 1 is 1.25 bits per heavy atom. The SMILES string of the molecule is CCOC(=O)/C(C#N)=N/Nc1ccc(-n2c(C)nc3ccccc3c2=O)cc1. The lowest BCUT2D eigenvalue weighted by Crippen LogP contribution is -2.22. The van der Waals surface area contributed by atoms with E-state index in [4.69, 9.17) is 10.00 Å². The van der Waals surface area contributed by atoms with Gasteiger partial charge in [0, 0.05) is 0 Å². The van der Waals surface area contributed by atoms with Crippen molar-refractivity contribution in [2.45, 2.75) is 13.8 Å². The van der Waals surface area contributed by atoms with E-state index in [1.165, 1.54) is 4.57 Å². The Kier molecular flexibility index (Phi) is 5.46. The van der Waals surface area contributed by atoms with Crippen LogP contribution in [0.25, 0.3) is 16.6 Å². The molecule has 0 aliphatic carbocycles. The first-order valence-electron chi connectivity index (χ1n) is 8.55. The summed E-state index contributed by atoms with van der Waals surface area (Å²) in [5.41, 5.74) is 3.93. The van der Waals surface area contributed by atoms with Gasteiger partial charge in [-0.3, -0.25) is 14.8 Å². The molecule has 0 aliphatic rings. The van der Waals surface area contributed by atoms with Gasteiger partial charge in [-0.1, -0.05) is 12.1 Å². The molecule has 1 heterocycles. The maximum absolute atomic E-state index is 12.8. The van der Waals surface area contributed by atoms with E-state index in [-0.39, 0.29) is 17.9 Å². The highest BCUT2D eigenvalue weighted by molar-refractivity contribution is 6.43. The van der Waals surface area contributed by atoms with Crippen LogP contribution in [0.15, 0.2) is 58.4 Å². The molecule has 140 valence electrons. The molecule has 0 saturated heterocycles. The van der Waals surface area contributed by atoms with Crippen LogP contribution < -0.4 is 11.0 Å². The number of para-hydroxylation sites is 1. The quantitative estimate of drug-likeness (QED) is 0.417. The number of anilines is 1. The van der Waals surface area contributed by atoms with Crippen LogP contribution in [-0.2, 0) is 9.53 Å². The fraction of sp³-hybridized carbons (Fsp3) is 0.150. The van der Waals surface area contributed by atoms with Crippen LogP contribution in [0.3, 0.4) is 0 Å². The molecule has 0 aliphatic heterocycles. The Balaban J connectivity index is 1.90. The number of nitriles is 1. The molecular formula is C20H17N5O3. The fourth-order valence-electron chi connectivity index (χ4n) is 2.67. The lowest BCUT2D eigenvalue weighted by Gasteiger charge is -2.11. The molecule has 8 nitrogen and oxygen atoms in total. The van der Waals surface area contributed by atoms with Crippen molar-refractivity contribution in [1.82, 2.24) is 9.55 Å². The molecule has 1 aromatic heterocycles. The molecule has 8 heteroatoms. The number of aromatic nitrogens is 2. The van der Waals surface area contributed by atoms with Gasteiger partial charge >= 0.3 is 5.97 Å². The summed E-state index contributed by atoms with van der Waals surface area (Å²) in [7, 11) is 0. The monoisotopic (exact) mass is 375 g/mol. The lowest BCUT2D eigenvalue weighted by molar-refractivity contribution is -0.134. The molecule has 0 bridgehead atoms. The Labute approximate surface area is 160 Å².